The average molecular weight is 275 g/mol. The molecule has 0 atom stereocenters. The molecule has 1 aromatic heterocycles. The molecule has 0 unspecified atom stereocenters. The van der Waals surface area contributed by atoms with Gasteiger partial charge in [-0.2, -0.15) is 5.10 Å². The molecule has 1 saturated carbocycles. The van der Waals surface area contributed by atoms with E-state index in [0.29, 0.717) is 5.92 Å². The van der Waals surface area contributed by atoms with E-state index in [1.165, 1.54) is 29.7 Å². The van der Waals surface area contributed by atoms with Crippen molar-refractivity contribution in [1.29, 1.82) is 0 Å². The predicted octanol–water partition coefficient (Wildman–Crippen LogP) is 3.51. The third-order valence-electron chi connectivity index (χ3n) is 3.82. The lowest BCUT2D eigenvalue weighted by molar-refractivity contribution is 0.552. The first-order valence-electron chi connectivity index (χ1n) is 7.75. The predicted molar refractivity (Wildman–Crippen MR) is 85.7 cm³/mol. The summed E-state index contributed by atoms with van der Waals surface area (Å²) in [5, 5.41) is 8.28. The van der Waals surface area contributed by atoms with Gasteiger partial charge in [-0.3, -0.25) is 4.68 Å². The van der Waals surface area contributed by atoms with Crippen LogP contribution in [0.4, 0.5) is 0 Å². The van der Waals surface area contributed by atoms with E-state index < -0.39 is 0 Å². The minimum atomic E-state index is 0.0824. The maximum Gasteiger partial charge on any atom is 0.0750 e. The van der Waals surface area contributed by atoms with Gasteiger partial charge in [0, 0.05) is 36.8 Å². The lowest BCUT2D eigenvalue weighted by atomic mass is 9.88. The van der Waals surface area contributed by atoms with Crippen molar-refractivity contribution in [3.05, 3.63) is 23.0 Å². The zero-order chi connectivity index (χ0) is 14.9. The lowest BCUT2D eigenvalue weighted by Crippen LogP contribution is -2.21. The Morgan fingerprint density at radius 1 is 1.45 bits per heavy atom. The van der Waals surface area contributed by atoms with Gasteiger partial charge in [-0.05, 0) is 18.8 Å². The number of hydrogen-bond acceptors (Lipinski definition) is 2. The van der Waals surface area contributed by atoms with E-state index in [9.17, 15) is 0 Å². The lowest BCUT2D eigenvalue weighted by Gasteiger charge is -2.18. The van der Waals surface area contributed by atoms with Gasteiger partial charge in [-0.25, -0.2) is 0 Å². The van der Waals surface area contributed by atoms with Gasteiger partial charge in [-0.1, -0.05) is 46.3 Å². The Balaban J connectivity index is 2.24. The van der Waals surface area contributed by atoms with Gasteiger partial charge in [-0.15, -0.1) is 0 Å². The first-order chi connectivity index (χ1) is 9.27. The SMILES string of the molecule is CC(C)C(=Cc1cn(C)nc1C(C)(C)C)CNC1CC1. The fourth-order valence-electron chi connectivity index (χ4n) is 2.37. The normalized spacial score (nSPS) is 17.1. The molecular formula is C17H29N3. The average Bonchev–Trinajstić information content (AvgIpc) is 3.05. The summed E-state index contributed by atoms with van der Waals surface area (Å²) in [4.78, 5) is 0. The number of aromatic nitrogens is 2. The van der Waals surface area contributed by atoms with Crippen LogP contribution < -0.4 is 5.32 Å². The summed E-state index contributed by atoms with van der Waals surface area (Å²) < 4.78 is 1.93. The molecule has 0 spiro atoms. The zero-order valence-corrected chi connectivity index (χ0v) is 13.8. The largest absolute Gasteiger partial charge is 0.310 e. The molecule has 0 radical (unpaired) electrons. The maximum atomic E-state index is 4.65. The van der Waals surface area contributed by atoms with Crippen molar-refractivity contribution in [2.45, 2.75) is 58.9 Å². The molecule has 0 aromatic carbocycles. The van der Waals surface area contributed by atoms with Gasteiger partial charge in [0.05, 0.1) is 5.69 Å². The summed E-state index contributed by atoms with van der Waals surface area (Å²) in [6.45, 7) is 12.2. The Bertz CT molecular complexity index is 485. The molecule has 0 bridgehead atoms. The Morgan fingerprint density at radius 2 is 2.10 bits per heavy atom. The maximum absolute atomic E-state index is 4.65. The van der Waals surface area contributed by atoms with E-state index in [4.69, 9.17) is 0 Å². The topological polar surface area (TPSA) is 29.9 Å². The molecule has 2 rings (SSSR count). The second-order valence-corrected chi connectivity index (χ2v) is 7.39. The van der Waals surface area contributed by atoms with E-state index in [1.807, 2.05) is 11.7 Å². The Hall–Kier alpha value is -1.09. The fourth-order valence-corrected chi connectivity index (χ4v) is 2.37. The minimum Gasteiger partial charge on any atom is -0.310 e. The molecule has 3 heteroatoms. The second kappa shape index (κ2) is 5.72. The van der Waals surface area contributed by atoms with Gasteiger partial charge in [0.25, 0.3) is 0 Å². The molecular weight excluding hydrogens is 246 g/mol. The van der Waals surface area contributed by atoms with Crippen LogP contribution in [0.15, 0.2) is 11.8 Å². The molecule has 3 nitrogen and oxygen atoms in total. The Kier molecular flexibility index (Phi) is 4.38. The Labute approximate surface area is 123 Å². The molecule has 1 N–H and O–H groups in total. The molecule has 1 heterocycles. The van der Waals surface area contributed by atoms with Crippen LogP contribution in [-0.2, 0) is 12.5 Å². The number of hydrogen-bond donors (Lipinski definition) is 1. The zero-order valence-electron chi connectivity index (χ0n) is 13.8. The molecule has 112 valence electrons. The van der Waals surface area contributed by atoms with Gasteiger partial charge in [0.1, 0.15) is 0 Å². The highest BCUT2D eigenvalue weighted by atomic mass is 15.3. The number of nitrogens with one attached hydrogen (secondary N) is 1. The van der Waals surface area contributed by atoms with Crippen LogP contribution in [0.1, 0.15) is 58.7 Å². The molecule has 0 aliphatic heterocycles. The summed E-state index contributed by atoms with van der Waals surface area (Å²) in [6.07, 6.45) is 7.16. The molecule has 1 fully saturated rings. The van der Waals surface area contributed by atoms with Crippen LogP contribution in [0.2, 0.25) is 0 Å². The minimum absolute atomic E-state index is 0.0824. The van der Waals surface area contributed by atoms with Crippen molar-refractivity contribution >= 4 is 6.08 Å². The van der Waals surface area contributed by atoms with Gasteiger partial charge in [0.2, 0.25) is 0 Å². The highest BCUT2D eigenvalue weighted by Gasteiger charge is 2.23. The van der Waals surface area contributed by atoms with Crippen molar-refractivity contribution in [3.8, 4) is 0 Å². The summed E-state index contributed by atoms with van der Waals surface area (Å²) in [5.74, 6) is 0.564. The number of nitrogens with zero attached hydrogens (tertiary/aromatic N) is 2. The standard InChI is InChI=1S/C17H29N3/c1-12(2)13(10-18-15-7-8-15)9-14-11-20(6)19-16(14)17(3,4)5/h9,11-12,15,18H,7-8,10H2,1-6H3. The molecule has 1 aliphatic carbocycles. The van der Waals surface area contributed by atoms with Crippen molar-refractivity contribution in [2.24, 2.45) is 13.0 Å². The highest BCUT2D eigenvalue weighted by molar-refractivity contribution is 5.56. The van der Waals surface area contributed by atoms with Crippen molar-refractivity contribution in [1.82, 2.24) is 15.1 Å². The molecule has 0 amide bonds. The van der Waals surface area contributed by atoms with E-state index in [1.54, 1.807) is 0 Å². The van der Waals surface area contributed by atoms with Crippen LogP contribution in [0, 0.1) is 5.92 Å². The van der Waals surface area contributed by atoms with Crippen LogP contribution in [0.3, 0.4) is 0 Å². The van der Waals surface area contributed by atoms with E-state index in [0.717, 1.165) is 12.6 Å². The second-order valence-electron chi connectivity index (χ2n) is 7.39. The van der Waals surface area contributed by atoms with Crippen LogP contribution >= 0.6 is 0 Å². The molecule has 1 aliphatic rings. The third kappa shape index (κ3) is 3.95. The smallest absolute Gasteiger partial charge is 0.0750 e. The van der Waals surface area contributed by atoms with Crippen LogP contribution in [-0.4, -0.2) is 22.4 Å². The quantitative estimate of drug-likeness (QED) is 0.891. The Morgan fingerprint density at radius 3 is 2.60 bits per heavy atom. The van der Waals surface area contributed by atoms with E-state index in [-0.39, 0.29) is 5.41 Å². The summed E-state index contributed by atoms with van der Waals surface area (Å²) in [5.41, 5.74) is 4.00. The number of aryl methyl sites for hydroxylation is 1. The number of rotatable bonds is 5. The molecule has 20 heavy (non-hydrogen) atoms. The first kappa shape index (κ1) is 15.3. The van der Waals surface area contributed by atoms with E-state index in [2.05, 4.69) is 57.3 Å². The highest BCUT2D eigenvalue weighted by Crippen LogP contribution is 2.27. The molecule has 0 saturated heterocycles. The van der Waals surface area contributed by atoms with Gasteiger partial charge < -0.3 is 5.32 Å². The van der Waals surface area contributed by atoms with Crippen LogP contribution in [0.5, 0.6) is 0 Å². The fraction of sp³-hybridized carbons (Fsp3) is 0.706. The third-order valence-corrected chi connectivity index (χ3v) is 3.82. The van der Waals surface area contributed by atoms with Gasteiger partial charge in [0.15, 0.2) is 0 Å². The molecule has 1 aromatic rings. The summed E-state index contributed by atoms with van der Waals surface area (Å²) >= 11 is 0. The van der Waals surface area contributed by atoms with Crippen molar-refractivity contribution in [3.63, 3.8) is 0 Å². The van der Waals surface area contributed by atoms with Crippen molar-refractivity contribution < 1.29 is 0 Å². The van der Waals surface area contributed by atoms with Crippen LogP contribution in [0.25, 0.3) is 6.08 Å². The summed E-state index contributed by atoms with van der Waals surface area (Å²) in [6, 6.07) is 0.758. The van der Waals surface area contributed by atoms with E-state index >= 15 is 0 Å². The first-order valence-corrected chi connectivity index (χ1v) is 7.75. The monoisotopic (exact) mass is 275 g/mol. The summed E-state index contributed by atoms with van der Waals surface area (Å²) in [7, 11) is 2.00. The van der Waals surface area contributed by atoms with Crippen molar-refractivity contribution in [2.75, 3.05) is 6.54 Å². The van der Waals surface area contributed by atoms with Gasteiger partial charge >= 0.3 is 0 Å².